The molecule has 0 radical (unpaired) electrons. The molecule has 0 amide bonds. The summed E-state index contributed by atoms with van der Waals surface area (Å²) < 4.78 is 4.97. The van der Waals surface area contributed by atoms with E-state index in [-0.39, 0.29) is 0 Å². The van der Waals surface area contributed by atoms with E-state index < -0.39 is 6.10 Å². The first-order chi connectivity index (χ1) is 5.24. The SMILES string of the molecule is COc1ccc([C@H](C)O)cc1. The Hall–Kier alpha value is -1.02. The van der Waals surface area contributed by atoms with E-state index in [4.69, 9.17) is 9.84 Å². The summed E-state index contributed by atoms with van der Waals surface area (Å²) in [5, 5.41) is 9.15. The third kappa shape index (κ3) is 1.95. The van der Waals surface area contributed by atoms with E-state index in [1.54, 1.807) is 14.0 Å². The molecule has 1 aromatic rings. The van der Waals surface area contributed by atoms with Crippen LogP contribution >= 0.6 is 0 Å². The van der Waals surface area contributed by atoms with E-state index >= 15 is 0 Å². The summed E-state index contributed by atoms with van der Waals surface area (Å²) in [5.74, 6) is 0.814. The number of hydrogen-bond acceptors (Lipinski definition) is 2. The second-order valence-corrected chi connectivity index (χ2v) is 2.45. The molecule has 1 rings (SSSR count). The molecule has 0 saturated carbocycles. The van der Waals surface area contributed by atoms with Gasteiger partial charge in [-0.05, 0) is 24.6 Å². The van der Waals surface area contributed by atoms with E-state index in [0.717, 1.165) is 11.3 Å². The molecule has 0 unspecified atom stereocenters. The predicted octanol–water partition coefficient (Wildman–Crippen LogP) is 1.75. The maximum atomic E-state index is 9.15. The van der Waals surface area contributed by atoms with Gasteiger partial charge in [0.05, 0.1) is 13.2 Å². The highest BCUT2D eigenvalue weighted by Gasteiger charge is 1.98. The van der Waals surface area contributed by atoms with Gasteiger partial charge in [0, 0.05) is 0 Å². The Morgan fingerprint density at radius 3 is 2.18 bits per heavy atom. The van der Waals surface area contributed by atoms with Crippen LogP contribution in [0.25, 0.3) is 0 Å². The lowest BCUT2D eigenvalue weighted by molar-refractivity contribution is 0.199. The standard InChI is InChI=1S/C9H12O2/c1-7(10)8-3-5-9(11-2)6-4-8/h3-7,10H,1-2H3/t7-/m0/s1. The Kier molecular flexibility index (Phi) is 2.49. The Labute approximate surface area is 66.4 Å². The van der Waals surface area contributed by atoms with Crippen LogP contribution in [0.4, 0.5) is 0 Å². The van der Waals surface area contributed by atoms with E-state index in [9.17, 15) is 0 Å². The second-order valence-electron chi connectivity index (χ2n) is 2.45. The van der Waals surface area contributed by atoms with Gasteiger partial charge in [-0.25, -0.2) is 0 Å². The summed E-state index contributed by atoms with van der Waals surface area (Å²) in [4.78, 5) is 0. The van der Waals surface area contributed by atoms with E-state index in [0.29, 0.717) is 0 Å². The molecule has 0 aliphatic rings. The highest BCUT2D eigenvalue weighted by atomic mass is 16.5. The smallest absolute Gasteiger partial charge is 0.118 e. The van der Waals surface area contributed by atoms with E-state index in [1.807, 2.05) is 24.3 Å². The molecule has 2 heteroatoms. The van der Waals surface area contributed by atoms with Crippen LogP contribution in [-0.4, -0.2) is 12.2 Å². The molecular weight excluding hydrogens is 140 g/mol. The fourth-order valence-electron chi connectivity index (χ4n) is 0.882. The van der Waals surface area contributed by atoms with Gasteiger partial charge >= 0.3 is 0 Å². The summed E-state index contributed by atoms with van der Waals surface area (Å²) in [6.45, 7) is 1.74. The zero-order valence-corrected chi connectivity index (χ0v) is 6.74. The van der Waals surface area contributed by atoms with Gasteiger partial charge in [0.2, 0.25) is 0 Å². The van der Waals surface area contributed by atoms with Crippen LogP contribution in [-0.2, 0) is 0 Å². The second kappa shape index (κ2) is 3.39. The quantitative estimate of drug-likeness (QED) is 0.699. The molecule has 60 valence electrons. The molecule has 1 aromatic carbocycles. The molecule has 0 aromatic heterocycles. The maximum Gasteiger partial charge on any atom is 0.118 e. The summed E-state index contributed by atoms with van der Waals surface area (Å²) in [7, 11) is 1.62. The number of rotatable bonds is 2. The number of aliphatic hydroxyl groups is 1. The van der Waals surface area contributed by atoms with Gasteiger partial charge in [0.25, 0.3) is 0 Å². The Balaban J connectivity index is 2.83. The number of aliphatic hydroxyl groups excluding tert-OH is 1. The van der Waals surface area contributed by atoms with Crippen molar-refractivity contribution in [2.75, 3.05) is 7.11 Å². The fourth-order valence-corrected chi connectivity index (χ4v) is 0.882. The van der Waals surface area contributed by atoms with Crippen LogP contribution in [0, 0.1) is 0 Å². The minimum absolute atomic E-state index is 0.402. The van der Waals surface area contributed by atoms with Gasteiger partial charge in [0.1, 0.15) is 5.75 Å². The first-order valence-corrected chi connectivity index (χ1v) is 3.56. The summed E-state index contributed by atoms with van der Waals surface area (Å²) in [6, 6.07) is 7.37. The molecule has 2 nitrogen and oxygen atoms in total. The van der Waals surface area contributed by atoms with Gasteiger partial charge in [-0.15, -0.1) is 0 Å². The van der Waals surface area contributed by atoms with Crippen molar-refractivity contribution in [3.05, 3.63) is 29.8 Å². The van der Waals surface area contributed by atoms with Gasteiger partial charge in [-0.1, -0.05) is 12.1 Å². The van der Waals surface area contributed by atoms with Gasteiger partial charge < -0.3 is 9.84 Å². The molecule has 0 saturated heterocycles. The van der Waals surface area contributed by atoms with Crippen molar-refractivity contribution < 1.29 is 9.84 Å². The third-order valence-corrected chi connectivity index (χ3v) is 1.60. The van der Waals surface area contributed by atoms with Crippen molar-refractivity contribution >= 4 is 0 Å². The van der Waals surface area contributed by atoms with Gasteiger partial charge in [-0.3, -0.25) is 0 Å². The van der Waals surface area contributed by atoms with Crippen molar-refractivity contribution in [1.82, 2.24) is 0 Å². The first-order valence-electron chi connectivity index (χ1n) is 3.56. The molecule has 0 aliphatic heterocycles. The van der Waals surface area contributed by atoms with Crippen LogP contribution in [0.5, 0.6) is 5.75 Å². The van der Waals surface area contributed by atoms with Gasteiger partial charge in [-0.2, -0.15) is 0 Å². The molecule has 11 heavy (non-hydrogen) atoms. The van der Waals surface area contributed by atoms with Crippen molar-refractivity contribution in [3.63, 3.8) is 0 Å². The van der Waals surface area contributed by atoms with Crippen molar-refractivity contribution in [1.29, 1.82) is 0 Å². The van der Waals surface area contributed by atoms with Crippen LogP contribution in [0.15, 0.2) is 24.3 Å². The molecule has 0 bridgehead atoms. The van der Waals surface area contributed by atoms with Crippen molar-refractivity contribution in [2.45, 2.75) is 13.0 Å². The Morgan fingerprint density at radius 2 is 1.82 bits per heavy atom. The molecule has 1 atom stereocenters. The average molecular weight is 152 g/mol. The molecule has 0 aliphatic carbocycles. The monoisotopic (exact) mass is 152 g/mol. The fraction of sp³-hybridized carbons (Fsp3) is 0.333. The van der Waals surface area contributed by atoms with Crippen LogP contribution < -0.4 is 4.74 Å². The van der Waals surface area contributed by atoms with Crippen LogP contribution in [0.2, 0.25) is 0 Å². The number of hydrogen-bond donors (Lipinski definition) is 1. The minimum atomic E-state index is -0.402. The van der Waals surface area contributed by atoms with Crippen LogP contribution in [0.1, 0.15) is 18.6 Å². The largest absolute Gasteiger partial charge is 0.497 e. The molecule has 0 spiro atoms. The topological polar surface area (TPSA) is 29.5 Å². The number of ether oxygens (including phenoxy) is 1. The zero-order chi connectivity index (χ0) is 8.27. The summed E-state index contributed by atoms with van der Waals surface area (Å²) in [5.41, 5.74) is 0.908. The van der Waals surface area contributed by atoms with E-state index in [2.05, 4.69) is 0 Å². The lowest BCUT2D eigenvalue weighted by Crippen LogP contribution is -1.90. The predicted molar refractivity (Wildman–Crippen MR) is 43.6 cm³/mol. The summed E-state index contributed by atoms with van der Waals surface area (Å²) in [6.07, 6.45) is -0.402. The third-order valence-electron chi connectivity index (χ3n) is 1.60. The van der Waals surface area contributed by atoms with Gasteiger partial charge in [0.15, 0.2) is 0 Å². The maximum absolute atomic E-state index is 9.15. The number of methoxy groups -OCH3 is 1. The van der Waals surface area contributed by atoms with Crippen LogP contribution in [0.3, 0.4) is 0 Å². The van der Waals surface area contributed by atoms with Crippen molar-refractivity contribution in [3.8, 4) is 5.75 Å². The minimum Gasteiger partial charge on any atom is -0.497 e. The Bertz CT molecular complexity index is 214. The zero-order valence-electron chi connectivity index (χ0n) is 6.74. The molecule has 0 fully saturated rings. The average Bonchev–Trinajstić information content (AvgIpc) is 2.05. The molecule has 0 heterocycles. The summed E-state index contributed by atoms with van der Waals surface area (Å²) >= 11 is 0. The number of benzene rings is 1. The lowest BCUT2D eigenvalue weighted by atomic mass is 10.1. The first kappa shape index (κ1) is 8.08. The highest BCUT2D eigenvalue weighted by Crippen LogP contribution is 2.16. The highest BCUT2D eigenvalue weighted by molar-refractivity contribution is 5.27. The molecule has 1 N–H and O–H groups in total. The lowest BCUT2D eigenvalue weighted by Gasteiger charge is -2.04. The van der Waals surface area contributed by atoms with Crippen molar-refractivity contribution in [2.24, 2.45) is 0 Å². The molecular formula is C9H12O2. The normalized spacial score (nSPS) is 12.6. The Morgan fingerprint density at radius 1 is 1.27 bits per heavy atom. The van der Waals surface area contributed by atoms with E-state index in [1.165, 1.54) is 0 Å².